The van der Waals surface area contributed by atoms with Gasteiger partial charge in [-0.3, -0.25) is 0 Å². The maximum atomic E-state index is 9.64. The van der Waals surface area contributed by atoms with Crippen LogP contribution in [0.1, 0.15) is 13.8 Å². The molecule has 0 aliphatic rings. The second-order valence-corrected chi connectivity index (χ2v) is 2.41. The van der Waals surface area contributed by atoms with Crippen LogP contribution in [0.5, 0.6) is 0 Å². The van der Waals surface area contributed by atoms with E-state index in [2.05, 4.69) is 0 Å². The summed E-state index contributed by atoms with van der Waals surface area (Å²) in [5.41, 5.74) is 0. The van der Waals surface area contributed by atoms with Crippen LogP contribution >= 0.6 is 0 Å². The summed E-state index contributed by atoms with van der Waals surface area (Å²) >= 11 is 0. The zero-order valence-electron chi connectivity index (χ0n) is 9.61. The van der Waals surface area contributed by atoms with Gasteiger partial charge in [0.25, 0.3) is 0 Å². The second kappa shape index (κ2) is 16.8. The van der Waals surface area contributed by atoms with Gasteiger partial charge in [0.1, 0.15) is 0 Å². The Hall–Kier alpha value is -1.58. The molecule has 0 bridgehead atoms. The molecule has 0 aromatic heterocycles. The number of carboxylic acids is 2. The zero-order valence-corrected chi connectivity index (χ0v) is 10.7. The first-order valence-corrected chi connectivity index (χ1v) is 4.55. The van der Waals surface area contributed by atoms with Crippen LogP contribution < -0.4 is 10.2 Å². The summed E-state index contributed by atoms with van der Waals surface area (Å²) in [6.07, 6.45) is 11.5. The van der Waals surface area contributed by atoms with Crippen LogP contribution in [-0.4, -0.2) is 11.9 Å². The molecule has 0 N–H and O–H groups in total. The molecule has 0 fully saturated rings. The van der Waals surface area contributed by atoms with Crippen LogP contribution in [0.4, 0.5) is 0 Å². The number of allylic oxidation sites excluding steroid dienone is 6. The molecular formula is C12H14FeO4. The molecule has 0 aromatic carbocycles. The summed E-state index contributed by atoms with van der Waals surface area (Å²) in [5, 5.41) is 19.3. The Balaban J connectivity index is -0.000000218. The van der Waals surface area contributed by atoms with Crippen LogP contribution in [0.2, 0.25) is 0 Å². The number of carbonyl (C=O) groups is 2. The predicted octanol–water partition coefficient (Wildman–Crippen LogP) is -0.265. The standard InChI is InChI=1S/2C6H8O2.Fe/c2*1-2-3-4-5-6(7)8;/h2*2-5H,1H3,(H,7,8);/q;;+2/p-2/b2*3-2+,5-4+;. The minimum atomic E-state index is -1.16. The van der Waals surface area contributed by atoms with Crippen molar-refractivity contribution in [2.24, 2.45) is 0 Å². The average Bonchev–Trinajstić information content (AvgIpc) is 2.18. The van der Waals surface area contributed by atoms with Crippen LogP contribution in [0.3, 0.4) is 0 Å². The summed E-state index contributed by atoms with van der Waals surface area (Å²) in [6, 6.07) is 0. The molecule has 0 saturated carbocycles. The molecule has 0 amide bonds. The van der Waals surface area contributed by atoms with Gasteiger partial charge in [-0.15, -0.1) is 0 Å². The Morgan fingerprint density at radius 3 is 1.24 bits per heavy atom. The molecule has 0 unspecified atom stereocenters. The van der Waals surface area contributed by atoms with Gasteiger partial charge in [-0.1, -0.05) is 36.5 Å². The maximum absolute atomic E-state index is 9.64. The molecule has 0 spiro atoms. The average molecular weight is 278 g/mol. The Bertz CT molecular complexity index is 282. The fourth-order valence-corrected chi connectivity index (χ4v) is 0.490. The first-order valence-electron chi connectivity index (χ1n) is 4.55. The SMILES string of the molecule is C/C=C/C=C/C(=O)[O-].C/C=C/C=C/C(=O)[O-].[Fe+2]. The van der Waals surface area contributed by atoms with Crippen LogP contribution in [0, 0.1) is 0 Å². The number of hydrogen-bond acceptors (Lipinski definition) is 4. The third-order valence-corrected chi connectivity index (χ3v) is 1.07. The molecule has 94 valence electrons. The van der Waals surface area contributed by atoms with Gasteiger partial charge in [0.15, 0.2) is 0 Å². The number of rotatable bonds is 4. The Kier molecular flexibility index (Phi) is 20.6. The Morgan fingerprint density at radius 2 is 1.06 bits per heavy atom. The summed E-state index contributed by atoms with van der Waals surface area (Å²) in [5.74, 6) is -2.33. The third-order valence-electron chi connectivity index (χ3n) is 1.07. The van der Waals surface area contributed by atoms with E-state index < -0.39 is 11.9 Å². The zero-order chi connectivity index (χ0) is 12.8. The molecule has 0 atom stereocenters. The first kappa shape index (κ1) is 20.8. The van der Waals surface area contributed by atoms with Crippen molar-refractivity contribution in [3.63, 3.8) is 0 Å². The topological polar surface area (TPSA) is 80.3 Å². The number of hydrogen-bond donors (Lipinski definition) is 0. The van der Waals surface area contributed by atoms with E-state index in [0.29, 0.717) is 0 Å². The maximum Gasteiger partial charge on any atom is 2.00 e. The fourth-order valence-electron chi connectivity index (χ4n) is 0.490. The molecule has 0 saturated heterocycles. The molecule has 0 radical (unpaired) electrons. The van der Waals surface area contributed by atoms with Gasteiger partial charge in [-0.2, -0.15) is 0 Å². The number of aliphatic carboxylic acids is 2. The van der Waals surface area contributed by atoms with Crippen molar-refractivity contribution in [1.82, 2.24) is 0 Å². The summed E-state index contributed by atoms with van der Waals surface area (Å²) in [7, 11) is 0. The van der Waals surface area contributed by atoms with Crippen molar-refractivity contribution in [3.8, 4) is 0 Å². The van der Waals surface area contributed by atoms with E-state index >= 15 is 0 Å². The summed E-state index contributed by atoms with van der Waals surface area (Å²) in [4.78, 5) is 19.3. The van der Waals surface area contributed by atoms with E-state index in [1.807, 2.05) is 0 Å². The Morgan fingerprint density at radius 1 is 0.765 bits per heavy atom. The summed E-state index contributed by atoms with van der Waals surface area (Å²) in [6.45, 7) is 3.61. The van der Waals surface area contributed by atoms with Crippen molar-refractivity contribution in [2.75, 3.05) is 0 Å². The van der Waals surface area contributed by atoms with Gasteiger partial charge in [0, 0.05) is 0 Å². The van der Waals surface area contributed by atoms with Crippen molar-refractivity contribution < 1.29 is 36.9 Å². The molecular weight excluding hydrogens is 264 g/mol. The smallest absolute Gasteiger partial charge is 0.545 e. The largest absolute Gasteiger partial charge is 2.00 e. The second-order valence-electron chi connectivity index (χ2n) is 2.41. The van der Waals surface area contributed by atoms with Gasteiger partial charge in [0.2, 0.25) is 0 Å². The molecule has 0 aliphatic carbocycles. The van der Waals surface area contributed by atoms with Crippen LogP contribution in [0.15, 0.2) is 48.6 Å². The molecule has 0 heterocycles. The molecule has 17 heavy (non-hydrogen) atoms. The molecule has 0 rings (SSSR count). The van der Waals surface area contributed by atoms with Gasteiger partial charge in [0.05, 0.1) is 11.9 Å². The molecule has 0 aromatic rings. The fraction of sp³-hybridized carbons (Fsp3) is 0.167. The van der Waals surface area contributed by atoms with Crippen molar-refractivity contribution >= 4 is 11.9 Å². The first-order chi connectivity index (χ1) is 7.54. The van der Waals surface area contributed by atoms with Gasteiger partial charge >= 0.3 is 17.1 Å². The summed E-state index contributed by atoms with van der Waals surface area (Å²) < 4.78 is 0. The van der Waals surface area contributed by atoms with Crippen molar-refractivity contribution in [2.45, 2.75) is 13.8 Å². The van der Waals surface area contributed by atoms with E-state index in [1.165, 1.54) is 12.2 Å². The number of carboxylic acid groups (broad SMARTS) is 2. The third kappa shape index (κ3) is 31.4. The van der Waals surface area contributed by atoms with Gasteiger partial charge in [-0.05, 0) is 26.0 Å². The minimum Gasteiger partial charge on any atom is -0.545 e. The van der Waals surface area contributed by atoms with E-state index in [1.54, 1.807) is 38.2 Å². The molecule has 0 aliphatic heterocycles. The molecule has 4 nitrogen and oxygen atoms in total. The van der Waals surface area contributed by atoms with E-state index in [0.717, 1.165) is 12.2 Å². The van der Waals surface area contributed by atoms with E-state index in [-0.39, 0.29) is 17.1 Å². The Labute approximate surface area is 112 Å². The van der Waals surface area contributed by atoms with E-state index in [9.17, 15) is 19.8 Å². The minimum absolute atomic E-state index is 0. The molecule has 5 heteroatoms. The monoisotopic (exact) mass is 278 g/mol. The predicted molar refractivity (Wildman–Crippen MR) is 57.9 cm³/mol. The van der Waals surface area contributed by atoms with Gasteiger partial charge < -0.3 is 19.8 Å². The van der Waals surface area contributed by atoms with Crippen LogP contribution in [0.25, 0.3) is 0 Å². The van der Waals surface area contributed by atoms with Crippen molar-refractivity contribution in [1.29, 1.82) is 0 Å². The normalized spacial score (nSPS) is 10.5. The van der Waals surface area contributed by atoms with Crippen molar-refractivity contribution in [3.05, 3.63) is 48.6 Å². The van der Waals surface area contributed by atoms with E-state index in [4.69, 9.17) is 0 Å². The van der Waals surface area contributed by atoms with Gasteiger partial charge in [-0.25, -0.2) is 0 Å². The van der Waals surface area contributed by atoms with Crippen LogP contribution in [-0.2, 0) is 26.7 Å². The quantitative estimate of drug-likeness (QED) is 0.403. The number of carbonyl (C=O) groups excluding carboxylic acids is 2.